The number of fused-ring (bicyclic) bond motifs is 4. The first-order valence-corrected chi connectivity index (χ1v) is 6.52. The molecule has 1 aromatic carbocycles. The number of rotatable bonds is 1. The molecule has 0 aromatic heterocycles. The van der Waals surface area contributed by atoms with Gasteiger partial charge in [-0.1, -0.05) is 24.3 Å². The number of nitrogens with zero attached hydrogens (tertiary/aromatic N) is 1. The zero-order chi connectivity index (χ0) is 11.3. The van der Waals surface area contributed by atoms with Crippen LogP contribution in [0, 0.1) is 0 Å². The quantitative estimate of drug-likeness (QED) is 0.780. The summed E-state index contributed by atoms with van der Waals surface area (Å²) in [5.41, 5.74) is 1.32. The molecule has 0 saturated carbocycles. The molecule has 0 radical (unpaired) electrons. The Labute approximate surface area is 93.9 Å². The number of aliphatic hydroxyl groups is 1. The summed E-state index contributed by atoms with van der Waals surface area (Å²) in [6, 6.07) is 7.03. The van der Waals surface area contributed by atoms with Gasteiger partial charge in [-0.25, -0.2) is 8.42 Å². The smallest absolute Gasteiger partial charge is 0.264 e. The van der Waals surface area contributed by atoms with Crippen LogP contribution >= 0.6 is 0 Å². The minimum absolute atomic E-state index is 0.0851. The van der Waals surface area contributed by atoms with E-state index in [0.29, 0.717) is 17.1 Å². The van der Waals surface area contributed by atoms with Gasteiger partial charge < -0.3 is 5.11 Å². The van der Waals surface area contributed by atoms with E-state index in [2.05, 4.69) is 0 Å². The van der Waals surface area contributed by atoms with Gasteiger partial charge in [0.15, 0.2) is 0 Å². The summed E-state index contributed by atoms with van der Waals surface area (Å²) in [6.07, 6.45) is 1.84. The van der Waals surface area contributed by atoms with Gasteiger partial charge in [0.05, 0.1) is 17.2 Å². The highest BCUT2D eigenvalue weighted by molar-refractivity contribution is 7.89. The zero-order valence-corrected chi connectivity index (χ0v) is 9.31. The van der Waals surface area contributed by atoms with E-state index in [9.17, 15) is 8.42 Å². The van der Waals surface area contributed by atoms with Crippen molar-refractivity contribution in [2.45, 2.75) is 10.8 Å². The van der Waals surface area contributed by atoms with Crippen LogP contribution < -0.4 is 0 Å². The number of benzene rings is 1. The molecule has 0 fully saturated rings. The predicted octanol–water partition coefficient (Wildman–Crippen LogP) is 0.664. The average molecular weight is 237 g/mol. The Kier molecular flexibility index (Phi) is 1.90. The first kappa shape index (κ1) is 9.86. The fourth-order valence-corrected chi connectivity index (χ4v) is 4.17. The molecule has 4 nitrogen and oxygen atoms in total. The van der Waals surface area contributed by atoms with Crippen LogP contribution in [-0.4, -0.2) is 31.0 Å². The van der Waals surface area contributed by atoms with Crippen LogP contribution in [0.3, 0.4) is 0 Å². The molecule has 0 spiro atoms. The van der Waals surface area contributed by atoms with Gasteiger partial charge in [-0.05, 0) is 11.6 Å². The molecule has 16 heavy (non-hydrogen) atoms. The summed E-state index contributed by atoms with van der Waals surface area (Å²) >= 11 is 0. The maximum Gasteiger partial charge on any atom is 0.264 e. The van der Waals surface area contributed by atoms with Crippen molar-refractivity contribution in [1.29, 1.82) is 0 Å². The maximum atomic E-state index is 12.2. The lowest BCUT2D eigenvalue weighted by molar-refractivity contribution is 0.302. The number of sulfonamides is 1. The van der Waals surface area contributed by atoms with E-state index >= 15 is 0 Å². The lowest BCUT2D eigenvalue weighted by Gasteiger charge is -2.28. The fraction of sp³-hybridized carbons (Fsp3) is 0.273. The summed E-state index contributed by atoms with van der Waals surface area (Å²) in [5, 5.41) is 9.15. The maximum absolute atomic E-state index is 12.2. The van der Waals surface area contributed by atoms with Crippen LogP contribution in [0.4, 0.5) is 0 Å². The van der Waals surface area contributed by atoms with Crippen LogP contribution in [-0.2, 0) is 10.0 Å². The van der Waals surface area contributed by atoms with Crippen molar-refractivity contribution in [2.75, 3.05) is 13.2 Å². The molecule has 3 rings (SSSR count). The first-order chi connectivity index (χ1) is 7.64. The fourth-order valence-electron chi connectivity index (χ4n) is 2.38. The van der Waals surface area contributed by atoms with Crippen molar-refractivity contribution in [3.8, 4) is 0 Å². The molecule has 1 aromatic rings. The summed E-state index contributed by atoms with van der Waals surface area (Å²) in [5.74, 6) is 0.0851. The molecule has 5 heteroatoms. The standard InChI is InChI=1S/C11H11NO3S/c13-7-9-5-8-6-12(9)16(14,15)11-4-2-1-3-10(8)11/h1-5,8,13H,6-7H2/t8-/m1/s1. The second kappa shape index (κ2) is 3.09. The van der Waals surface area contributed by atoms with Gasteiger partial charge >= 0.3 is 0 Å². The molecule has 2 aliphatic rings. The largest absolute Gasteiger partial charge is 0.390 e. The Morgan fingerprint density at radius 2 is 2.12 bits per heavy atom. The Hall–Kier alpha value is -1.33. The van der Waals surface area contributed by atoms with Gasteiger partial charge in [0.2, 0.25) is 0 Å². The van der Waals surface area contributed by atoms with Gasteiger partial charge in [0.1, 0.15) is 0 Å². The molecular formula is C11H11NO3S. The molecule has 2 heterocycles. The van der Waals surface area contributed by atoms with E-state index in [1.807, 2.05) is 18.2 Å². The lowest BCUT2D eigenvalue weighted by atomic mass is 10.0. The Balaban J connectivity index is 2.28. The minimum atomic E-state index is -3.45. The normalized spacial score (nSPS) is 25.2. The highest BCUT2D eigenvalue weighted by Crippen LogP contribution is 2.41. The molecule has 1 N–H and O–H groups in total. The van der Waals surface area contributed by atoms with E-state index in [4.69, 9.17) is 5.11 Å². The third-order valence-electron chi connectivity index (χ3n) is 3.12. The molecule has 0 saturated heterocycles. The predicted molar refractivity (Wildman–Crippen MR) is 58.2 cm³/mol. The molecule has 0 aliphatic carbocycles. The molecule has 84 valence electrons. The summed E-state index contributed by atoms with van der Waals surface area (Å²) in [6.45, 7) is 0.193. The van der Waals surface area contributed by atoms with E-state index < -0.39 is 10.0 Å². The molecular weight excluding hydrogens is 226 g/mol. The summed E-state index contributed by atoms with van der Waals surface area (Å²) in [7, 11) is -3.45. The third-order valence-corrected chi connectivity index (χ3v) is 5.02. The van der Waals surface area contributed by atoms with Crippen LogP contribution in [0.2, 0.25) is 0 Å². The molecule has 0 unspecified atom stereocenters. The SMILES string of the molecule is O=S1(=O)c2ccccc2[C@@H]2C=C(CO)N1C2. The van der Waals surface area contributed by atoms with Gasteiger partial charge in [0, 0.05) is 12.5 Å². The number of aliphatic hydroxyl groups excluding tert-OH is 1. The van der Waals surface area contributed by atoms with Gasteiger partial charge in [0.25, 0.3) is 10.0 Å². The van der Waals surface area contributed by atoms with Crippen LogP contribution in [0.25, 0.3) is 0 Å². The van der Waals surface area contributed by atoms with Gasteiger partial charge in [-0.2, -0.15) is 0 Å². The van der Waals surface area contributed by atoms with Gasteiger partial charge in [-0.15, -0.1) is 0 Å². The Bertz CT molecular complexity index is 577. The van der Waals surface area contributed by atoms with E-state index in [0.717, 1.165) is 5.56 Å². The van der Waals surface area contributed by atoms with Crippen LogP contribution in [0.1, 0.15) is 11.5 Å². The van der Waals surface area contributed by atoms with Crippen molar-refractivity contribution in [1.82, 2.24) is 4.31 Å². The van der Waals surface area contributed by atoms with Gasteiger partial charge in [-0.3, -0.25) is 4.31 Å². The molecule has 2 aliphatic heterocycles. The highest BCUT2D eigenvalue weighted by atomic mass is 32.2. The van der Waals surface area contributed by atoms with Crippen molar-refractivity contribution >= 4 is 10.0 Å². The van der Waals surface area contributed by atoms with Crippen LogP contribution in [0.5, 0.6) is 0 Å². The molecule has 1 atom stereocenters. The minimum Gasteiger partial charge on any atom is -0.390 e. The lowest BCUT2D eigenvalue weighted by Crippen LogP contribution is -2.34. The summed E-state index contributed by atoms with van der Waals surface area (Å²) < 4.78 is 25.7. The zero-order valence-electron chi connectivity index (χ0n) is 8.50. The summed E-state index contributed by atoms with van der Waals surface area (Å²) in [4.78, 5) is 0.367. The molecule has 0 amide bonds. The number of hydrogen-bond acceptors (Lipinski definition) is 3. The van der Waals surface area contributed by atoms with E-state index in [1.54, 1.807) is 12.1 Å². The molecule has 2 bridgehead atoms. The van der Waals surface area contributed by atoms with E-state index in [-0.39, 0.29) is 12.5 Å². The van der Waals surface area contributed by atoms with Crippen LogP contribution in [0.15, 0.2) is 40.9 Å². The number of hydrogen-bond donors (Lipinski definition) is 1. The van der Waals surface area contributed by atoms with Crippen molar-refractivity contribution in [3.63, 3.8) is 0 Å². The first-order valence-electron chi connectivity index (χ1n) is 5.08. The van der Waals surface area contributed by atoms with Crippen molar-refractivity contribution in [3.05, 3.63) is 41.6 Å². The topological polar surface area (TPSA) is 57.6 Å². The second-order valence-electron chi connectivity index (χ2n) is 4.00. The van der Waals surface area contributed by atoms with Crippen molar-refractivity contribution in [2.24, 2.45) is 0 Å². The Morgan fingerprint density at radius 1 is 1.38 bits per heavy atom. The second-order valence-corrected chi connectivity index (χ2v) is 5.83. The third kappa shape index (κ3) is 1.10. The van der Waals surface area contributed by atoms with Crippen molar-refractivity contribution < 1.29 is 13.5 Å². The van der Waals surface area contributed by atoms with E-state index in [1.165, 1.54) is 4.31 Å². The average Bonchev–Trinajstić information content (AvgIpc) is 2.69. The highest BCUT2D eigenvalue weighted by Gasteiger charge is 2.41. The monoisotopic (exact) mass is 237 g/mol. The Morgan fingerprint density at radius 3 is 2.88 bits per heavy atom.